The molecule has 1 aliphatic heterocycles. The van der Waals surface area contributed by atoms with Crippen molar-refractivity contribution in [2.75, 3.05) is 20.2 Å². The Labute approximate surface area is 253 Å². The van der Waals surface area contributed by atoms with E-state index in [1.807, 2.05) is 77.7 Å². The standard InChI is InChI=1S/C36H39N3O4/c1-43-31-18-8-13-27(21-31)24-37-25-34(40)32(22-26-11-4-2-5-12-26)38-35(41)29-16-9-17-30(23-29)36(42)39-20-10-19-33(39)28-14-6-3-7-15-28/h2-9,11-18,21,23,32-34,37,40H,10,19-20,22,24-25H2,1H3,(H,38,41)/t32-,33?,34+/m0/s1. The monoisotopic (exact) mass is 577 g/mol. The lowest BCUT2D eigenvalue weighted by atomic mass is 10.00. The van der Waals surface area contributed by atoms with Crippen LogP contribution in [0, 0.1) is 0 Å². The number of nitrogens with zero attached hydrogens (tertiary/aromatic N) is 1. The Morgan fingerprint density at radius 3 is 2.35 bits per heavy atom. The summed E-state index contributed by atoms with van der Waals surface area (Å²) in [5.74, 6) is 0.363. The summed E-state index contributed by atoms with van der Waals surface area (Å²) < 4.78 is 5.30. The molecule has 43 heavy (non-hydrogen) atoms. The first kappa shape index (κ1) is 30.0. The summed E-state index contributed by atoms with van der Waals surface area (Å²) in [5.41, 5.74) is 4.03. The predicted octanol–water partition coefficient (Wildman–Crippen LogP) is 5.16. The van der Waals surface area contributed by atoms with Crippen LogP contribution in [0.1, 0.15) is 56.3 Å². The van der Waals surface area contributed by atoms with Gasteiger partial charge < -0.3 is 25.4 Å². The van der Waals surface area contributed by atoms with Crippen molar-refractivity contribution in [2.45, 2.75) is 44.0 Å². The molecule has 1 aliphatic rings. The van der Waals surface area contributed by atoms with E-state index in [-0.39, 0.29) is 24.4 Å². The number of hydrogen-bond donors (Lipinski definition) is 3. The molecule has 5 rings (SSSR count). The van der Waals surface area contributed by atoms with Gasteiger partial charge in [-0.3, -0.25) is 9.59 Å². The van der Waals surface area contributed by atoms with Crippen molar-refractivity contribution >= 4 is 11.8 Å². The first-order valence-electron chi connectivity index (χ1n) is 14.8. The fourth-order valence-corrected chi connectivity index (χ4v) is 5.68. The number of carbonyl (C=O) groups is 2. The molecule has 0 aliphatic carbocycles. The van der Waals surface area contributed by atoms with Crippen LogP contribution in [0.25, 0.3) is 0 Å². The number of likely N-dealkylation sites (tertiary alicyclic amines) is 1. The zero-order chi connectivity index (χ0) is 30.0. The molecule has 2 amide bonds. The van der Waals surface area contributed by atoms with Crippen molar-refractivity contribution in [3.63, 3.8) is 0 Å². The number of nitrogens with one attached hydrogen (secondary N) is 2. The second-order valence-corrected chi connectivity index (χ2v) is 11.0. The van der Waals surface area contributed by atoms with Crippen LogP contribution in [-0.2, 0) is 13.0 Å². The Morgan fingerprint density at radius 2 is 1.58 bits per heavy atom. The molecule has 0 bridgehead atoms. The molecule has 222 valence electrons. The van der Waals surface area contributed by atoms with Crippen LogP contribution in [0.3, 0.4) is 0 Å². The van der Waals surface area contributed by atoms with Gasteiger partial charge in [-0.2, -0.15) is 0 Å². The van der Waals surface area contributed by atoms with Crippen LogP contribution in [0.2, 0.25) is 0 Å². The minimum absolute atomic E-state index is 0.0288. The topological polar surface area (TPSA) is 90.9 Å². The average Bonchev–Trinajstić information content (AvgIpc) is 3.55. The first-order chi connectivity index (χ1) is 21.0. The number of hydrogen-bond acceptors (Lipinski definition) is 5. The summed E-state index contributed by atoms with van der Waals surface area (Å²) in [7, 11) is 1.63. The van der Waals surface area contributed by atoms with Gasteiger partial charge in [-0.05, 0) is 66.3 Å². The Balaban J connectivity index is 1.27. The number of rotatable bonds is 12. The third-order valence-electron chi connectivity index (χ3n) is 7.97. The third kappa shape index (κ3) is 7.89. The highest BCUT2D eigenvalue weighted by molar-refractivity contribution is 6.00. The number of ether oxygens (including phenoxy) is 1. The first-order valence-corrected chi connectivity index (χ1v) is 14.8. The van der Waals surface area contributed by atoms with Crippen LogP contribution in [0.5, 0.6) is 5.75 Å². The number of benzene rings is 4. The summed E-state index contributed by atoms with van der Waals surface area (Å²) in [5, 5.41) is 17.5. The third-order valence-corrected chi connectivity index (χ3v) is 7.97. The van der Waals surface area contributed by atoms with Crippen molar-refractivity contribution in [2.24, 2.45) is 0 Å². The van der Waals surface area contributed by atoms with E-state index in [2.05, 4.69) is 22.8 Å². The Morgan fingerprint density at radius 1 is 0.884 bits per heavy atom. The van der Waals surface area contributed by atoms with Crippen LogP contribution in [0.4, 0.5) is 0 Å². The van der Waals surface area contributed by atoms with Crippen molar-refractivity contribution in [3.05, 3.63) is 137 Å². The molecule has 1 fully saturated rings. The summed E-state index contributed by atoms with van der Waals surface area (Å²) in [6, 6.07) is 34.0. The van der Waals surface area contributed by atoms with E-state index < -0.39 is 12.1 Å². The SMILES string of the molecule is COc1cccc(CNC[C@@H](O)[C@H](Cc2ccccc2)NC(=O)c2cccc(C(=O)N3CCCC3c3ccccc3)c2)c1. The lowest BCUT2D eigenvalue weighted by Gasteiger charge is -2.26. The zero-order valence-electron chi connectivity index (χ0n) is 24.5. The Bertz CT molecular complexity index is 1490. The van der Waals surface area contributed by atoms with Gasteiger partial charge in [0.25, 0.3) is 11.8 Å². The highest BCUT2D eigenvalue weighted by Gasteiger charge is 2.31. The summed E-state index contributed by atoms with van der Waals surface area (Å²) in [6.45, 7) is 1.51. The number of amides is 2. The lowest BCUT2D eigenvalue weighted by Crippen LogP contribution is -2.48. The summed E-state index contributed by atoms with van der Waals surface area (Å²) in [4.78, 5) is 29.0. The molecule has 1 heterocycles. The number of aliphatic hydroxyl groups excluding tert-OH is 1. The maximum atomic E-state index is 13.6. The molecule has 4 aromatic rings. The molecule has 3 atom stereocenters. The van der Waals surface area contributed by atoms with E-state index in [4.69, 9.17) is 4.74 Å². The van der Waals surface area contributed by atoms with E-state index in [1.165, 1.54) is 0 Å². The Kier molecular flexibility index (Phi) is 10.2. The van der Waals surface area contributed by atoms with Gasteiger partial charge in [0.05, 0.1) is 25.3 Å². The smallest absolute Gasteiger partial charge is 0.254 e. The molecule has 0 saturated carbocycles. The van der Waals surface area contributed by atoms with Crippen molar-refractivity contribution in [3.8, 4) is 5.75 Å². The van der Waals surface area contributed by atoms with Crippen molar-refractivity contribution < 1.29 is 19.4 Å². The highest BCUT2D eigenvalue weighted by Crippen LogP contribution is 2.33. The van der Waals surface area contributed by atoms with Gasteiger partial charge in [0.1, 0.15) is 5.75 Å². The van der Waals surface area contributed by atoms with Gasteiger partial charge >= 0.3 is 0 Å². The molecule has 4 aromatic carbocycles. The fourth-order valence-electron chi connectivity index (χ4n) is 5.68. The zero-order valence-corrected chi connectivity index (χ0v) is 24.5. The van der Waals surface area contributed by atoms with Gasteiger partial charge in [0, 0.05) is 30.8 Å². The molecular formula is C36H39N3O4. The molecular weight excluding hydrogens is 538 g/mol. The van der Waals surface area contributed by atoms with Crippen LogP contribution >= 0.6 is 0 Å². The summed E-state index contributed by atoms with van der Waals surface area (Å²) in [6.07, 6.45) is 1.47. The molecule has 3 N–H and O–H groups in total. The minimum Gasteiger partial charge on any atom is -0.497 e. The second-order valence-electron chi connectivity index (χ2n) is 11.0. The predicted molar refractivity (Wildman–Crippen MR) is 168 cm³/mol. The van der Waals surface area contributed by atoms with Gasteiger partial charge in [-0.1, -0.05) is 78.9 Å². The maximum Gasteiger partial charge on any atom is 0.254 e. The highest BCUT2D eigenvalue weighted by atomic mass is 16.5. The molecule has 1 saturated heterocycles. The fraction of sp³-hybridized carbons (Fsp3) is 0.278. The maximum absolute atomic E-state index is 13.6. The summed E-state index contributed by atoms with van der Waals surface area (Å²) >= 11 is 0. The van der Waals surface area contributed by atoms with Crippen molar-refractivity contribution in [1.82, 2.24) is 15.5 Å². The Hall–Kier alpha value is -4.46. The van der Waals surface area contributed by atoms with Gasteiger partial charge in [0.15, 0.2) is 0 Å². The van der Waals surface area contributed by atoms with E-state index in [9.17, 15) is 14.7 Å². The van der Waals surface area contributed by atoms with E-state index >= 15 is 0 Å². The number of aliphatic hydroxyl groups is 1. The minimum atomic E-state index is -0.851. The van der Waals surface area contributed by atoms with E-state index in [0.29, 0.717) is 30.6 Å². The van der Waals surface area contributed by atoms with Crippen LogP contribution in [-0.4, -0.2) is 54.2 Å². The normalized spacial score (nSPS) is 16.0. The second kappa shape index (κ2) is 14.6. The molecule has 7 nitrogen and oxygen atoms in total. The van der Waals surface area contributed by atoms with Crippen molar-refractivity contribution in [1.29, 1.82) is 0 Å². The van der Waals surface area contributed by atoms with Crippen LogP contribution < -0.4 is 15.4 Å². The van der Waals surface area contributed by atoms with E-state index in [1.54, 1.807) is 31.4 Å². The number of carbonyl (C=O) groups excluding carboxylic acids is 2. The molecule has 0 spiro atoms. The molecule has 0 aromatic heterocycles. The molecule has 1 unspecified atom stereocenters. The quantitative estimate of drug-likeness (QED) is 0.216. The van der Waals surface area contributed by atoms with Gasteiger partial charge in [-0.25, -0.2) is 0 Å². The largest absolute Gasteiger partial charge is 0.497 e. The van der Waals surface area contributed by atoms with E-state index in [0.717, 1.165) is 35.3 Å². The van der Waals surface area contributed by atoms with Gasteiger partial charge in [-0.15, -0.1) is 0 Å². The van der Waals surface area contributed by atoms with Crippen LogP contribution in [0.15, 0.2) is 109 Å². The lowest BCUT2D eigenvalue weighted by molar-refractivity contribution is 0.0735. The molecule has 0 radical (unpaired) electrons. The molecule has 7 heteroatoms. The number of methoxy groups -OCH3 is 1. The van der Waals surface area contributed by atoms with Gasteiger partial charge in [0.2, 0.25) is 0 Å². The average molecular weight is 578 g/mol.